The van der Waals surface area contributed by atoms with Crippen LogP contribution in [-0.4, -0.2) is 67.0 Å². The number of amides is 3. The molecule has 20 heavy (non-hydrogen) atoms. The number of carbonyl (C=O) groups excluding carboxylic acids is 2. The van der Waals surface area contributed by atoms with Gasteiger partial charge in [0.1, 0.15) is 0 Å². The Morgan fingerprint density at radius 3 is 2.90 bits per heavy atom. The summed E-state index contributed by atoms with van der Waals surface area (Å²) in [6.45, 7) is 8.65. The van der Waals surface area contributed by atoms with Gasteiger partial charge in [-0.25, -0.2) is 4.79 Å². The number of nitrogens with one attached hydrogen (secondary N) is 2. The largest absolute Gasteiger partial charge is 0.336 e. The van der Waals surface area contributed by atoms with E-state index in [9.17, 15) is 9.59 Å². The fourth-order valence-electron chi connectivity index (χ4n) is 2.85. The number of likely N-dealkylation sites (tertiary alicyclic amines) is 1. The third-order valence-corrected chi connectivity index (χ3v) is 3.93. The van der Waals surface area contributed by atoms with Crippen molar-refractivity contribution in [3.63, 3.8) is 0 Å². The van der Waals surface area contributed by atoms with Crippen molar-refractivity contribution < 1.29 is 9.59 Å². The standard InChI is InChI=1S/C14H26N4O2/c1-11(2)16-8-12-4-3-6-17(9-12)10-13(19)18-7-5-15-14(18)20/h11-12,16H,3-10H2,1-2H3,(H,15,20). The summed E-state index contributed by atoms with van der Waals surface area (Å²) in [7, 11) is 0. The number of piperidine rings is 1. The van der Waals surface area contributed by atoms with Gasteiger partial charge in [-0.05, 0) is 31.8 Å². The predicted molar refractivity (Wildman–Crippen MR) is 77.4 cm³/mol. The monoisotopic (exact) mass is 282 g/mol. The van der Waals surface area contributed by atoms with Crippen molar-refractivity contribution in [3.05, 3.63) is 0 Å². The highest BCUT2D eigenvalue weighted by atomic mass is 16.2. The molecule has 6 nitrogen and oxygen atoms in total. The highest BCUT2D eigenvalue weighted by Crippen LogP contribution is 2.16. The van der Waals surface area contributed by atoms with Crippen molar-refractivity contribution in [2.45, 2.75) is 32.7 Å². The molecule has 1 atom stereocenters. The van der Waals surface area contributed by atoms with Crippen LogP contribution in [0.1, 0.15) is 26.7 Å². The summed E-state index contributed by atoms with van der Waals surface area (Å²) in [5.41, 5.74) is 0. The molecule has 0 aromatic carbocycles. The fraction of sp³-hybridized carbons (Fsp3) is 0.857. The third-order valence-electron chi connectivity index (χ3n) is 3.93. The molecule has 0 spiro atoms. The summed E-state index contributed by atoms with van der Waals surface area (Å²) in [5, 5.41) is 6.13. The molecule has 0 radical (unpaired) electrons. The van der Waals surface area contributed by atoms with Crippen LogP contribution in [0.2, 0.25) is 0 Å². The van der Waals surface area contributed by atoms with E-state index in [1.54, 1.807) is 0 Å². The van der Waals surface area contributed by atoms with Crippen molar-refractivity contribution in [2.75, 3.05) is 39.3 Å². The lowest BCUT2D eigenvalue weighted by atomic mass is 9.97. The van der Waals surface area contributed by atoms with Gasteiger partial charge in [-0.15, -0.1) is 0 Å². The third kappa shape index (κ3) is 4.18. The SMILES string of the molecule is CC(C)NCC1CCCN(CC(=O)N2CCNC2=O)C1. The van der Waals surface area contributed by atoms with Gasteiger partial charge in [0.2, 0.25) is 5.91 Å². The normalized spacial score (nSPS) is 24.2. The lowest BCUT2D eigenvalue weighted by Gasteiger charge is -2.33. The number of rotatable bonds is 5. The van der Waals surface area contributed by atoms with Crippen molar-refractivity contribution in [3.8, 4) is 0 Å². The smallest absolute Gasteiger partial charge is 0.324 e. The number of nitrogens with zero attached hydrogens (tertiary/aromatic N) is 2. The number of hydrogen-bond donors (Lipinski definition) is 2. The molecule has 1 unspecified atom stereocenters. The Morgan fingerprint density at radius 1 is 1.45 bits per heavy atom. The molecule has 0 saturated carbocycles. The van der Waals surface area contributed by atoms with Crippen LogP contribution in [0, 0.1) is 5.92 Å². The zero-order valence-electron chi connectivity index (χ0n) is 12.5. The molecule has 2 rings (SSSR count). The first kappa shape index (κ1) is 15.3. The molecule has 0 aliphatic carbocycles. The highest BCUT2D eigenvalue weighted by Gasteiger charge is 2.29. The van der Waals surface area contributed by atoms with Gasteiger partial charge in [-0.2, -0.15) is 0 Å². The van der Waals surface area contributed by atoms with E-state index in [4.69, 9.17) is 0 Å². The van der Waals surface area contributed by atoms with Crippen molar-refractivity contribution in [2.24, 2.45) is 5.92 Å². The molecule has 2 N–H and O–H groups in total. The number of hydrogen-bond acceptors (Lipinski definition) is 4. The second-order valence-electron chi connectivity index (χ2n) is 6.08. The van der Waals surface area contributed by atoms with Crippen LogP contribution in [0.15, 0.2) is 0 Å². The summed E-state index contributed by atoms with van der Waals surface area (Å²) >= 11 is 0. The minimum atomic E-state index is -0.245. The molecule has 2 aliphatic rings. The zero-order valence-corrected chi connectivity index (χ0v) is 12.5. The van der Waals surface area contributed by atoms with Crippen LogP contribution in [-0.2, 0) is 4.79 Å². The second-order valence-corrected chi connectivity index (χ2v) is 6.08. The Balaban J connectivity index is 1.77. The predicted octanol–water partition coefficient (Wildman–Crippen LogP) is 0.248. The number of carbonyl (C=O) groups is 2. The summed E-state index contributed by atoms with van der Waals surface area (Å²) in [6.07, 6.45) is 2.35. The quantitative estimate of drug-likeness (QED) is 0.758. The molecular formula is C14H26N4O2. The van der Waals surface area contributed by atoms with E-state index >= 15 is 0 Å². The molecule has 0 aromatic rings. The molecular weight excluding hydrogens is 256 g/mol. The van der Waals surface area contributed by atoms with E-state index in [0.29, 0.717) is 31.6 Å². The second kappa shape index (κ2) is 7.04. The molecule has 2 fully saturated rings. The minimum Gasteiger partial charge on any atom is -0.336 e. The summed E-state index contributed by atoms with van der Waals surface area (Å²) in [6, 6.07) is 0.255. The Hall–Kier alpha value is -1.14. The number of imide groups is 1. The van der Waals surface area contributed by atoms with Crippen LogP contribution in [0.3, 0.4) is 0 Å². The Morgan fingerprint density at radius 2 is 2.25 bits per heavy atom. The van der Waals surface area contributed by atoms with Crippen LogP contribution in [0.4, 0.5) is 4.79 Å². The molecule has 2 saturated heterocycles. The van der Waals surface area contributed by atoms with E-state index in [1.165, 1.54) is 11.3 Å². The summed E-state index contributed by atoms with van der Waals surface area (Å²) in [4.78, 5) is 27.1. The highest BCUT2D eigenvalue weighted by molar-refractivity contribution is 5.96. The van der Waals surface area contributed by atoms with Gasteiger partial charge < -0.3 is 10.6 Å². The molecule has 0 bridgehead atoms. The van der Waals surface area contributed by atoms with Crippen LogP contribution in [0.25, 0.3) is 0 Å². The topological polar surface area (TPSA) is 64.7 Å². The lowest BCUT2D eigenvalue weighted by molar-refractivity contribution is -0.129. The lowest BCUT2D eigenvalue weighted by Crippen LogP contribution is -2.47. The molecule has 3 amide bonds. The van der Waals surface area contributed by atoms with Gasteiger partial charge in [0.05, 0.1) is 6.54 Å². The van der Waals surface area contributed by atoms with Gasteiger partial charge in [-0.3, -0.25) is 14.6 Å². The van der Waals surface area contributed by atoms with Gasteiger partial charge >= 0.3 is 6.03 Å². The van der Waals surface area contributed by atoms with E-state index < -0.39 is 0 Å². The van der Waals surface area contributed by atoms with Gasteiger partial charge in [0.25, 0.3) is 0 Å². The maximum Gasteiger partial charge on any atom is 0.324 e. The average Bonchev–Trinajstić information content (AvgIpc) is 2.83. The maximum absolute atomic E-state index is 12.1. The van der Waals surface area contributed by atoms with Crippen molar-refractivity contribution >= 4 is 11.9 Å². The van der Waals surface area contributed by atoms with Crippen LogP contribution in [0.5, 0.6) is 0 Å². The molecule has 114 valence electrons. The van der Waals surface area contributed by atoms with Crippen molar-refractivity contribution in [1.29, 1.82) is 0 Å². The maximum atomic E-state index is 12.1. The zero-order chi connectivity index (χ0) is 14.5. The Labute approximate surface area is 120 Å². The Kier molecular flexibility index (Phi) is 5.37. The molecule has 2 heterocycles. The first-order valence-electron chi connectivity index (χ1n) is 7.60. The average molecular weight is 282 g/mol. The van der Waals surface area contributed by atoms with E-state index in [2.05, 4.69) is 29.4 Å². The number of urea groups is 1. The van der Waals surface area contributed by atoms with E-state index in [0.717, 1.165) is 26.1 Å². The molecule has 0 aromatic heterocycles. The minimum absolute atomic E-state index is 0.0718. The molecule has 2 aliphatic heterocycles. The first-order chi connectivity index (χ1) is 9.56. The van der Waals surface area contributed by atoms with Crippen molar-refractivity contribution in [1.82, 2.24) is 20.4 Å². The van der Waals surface area contributed by atoms with Gasteiger partial charge in [0.15, 0.2) is 0 Å². The van der Waals surface area contributed by atoms with Crippen LogP contribution >= 0.6 is 0 Å². The first-order valence-corrected chi connectivity index (χ1v) is 7.60. The van der Waals surface area contributed by atoms with Gasteiger partial charge in [0, 0.05) is 25.7 Å². The fourth-order valence-corrected chi connectivity index (χ4v) is 2.85. The summed E-state index contributed by atoms with van der Waals surface area (Å²) in [5.74, 6) is 0.531. The van der Waals surface area contributed by atoms with E-state index in [1.807, 2.05) is 0 Å². The van der Waals surface area contributed by atoms with Gasteiger partial charge in [-0.1, -0.05) is 13.8 Å². The van der Waals surface area contributed by atoms with E-state index in [-0.39, 0.29) is 11.9 Å². The summed E-state index contributed by atoms with van der Waals surface area (Å²) < 4.78 is 0. The molecule has 6 heteroatoms. The Bertz CT molecular complexity index is 359. The van der Waals surface area contributed by atoms with Crippen LogP contribution < -0.4 is 10.6 Å².